The molecular weight excluding hydrogens is 268 g/mol. The Hall–Kier alpha value is -1.95. The average molecular weight is 290 g/mol. The Morgan fingerprint density at radius 1 is 1.33 bits per heavy atom. The molecule has 114 valence electrons. The van der Waals surface area contributed by atoms with Crippen LogP contribution in [0.15, 0.2) is 12.3 Å². The Bertz CT molecular complexity index is 538. The zero-order valence-electron chi connectivity index (χ0n) is 12.3. The van der Waals surface area contributed by atoms with Gasteiger partial charge in [0.1, 0.15) is 0 Å². The fraction of sp³-hybridized carbons (Fsp3) is 0.533. The van der Waals surface area contributed by atoms with Crippen LogP contribution in [-0.4, -0.2) is 16.8 Å². The highest BCUT2D eigenvalue weighted by Gasteiger charge is 2.26. The molecule has 0 saturated heterocycles. The molecular formula is C15H22N4O2. The summed E-state index contributed by atoms with van der Waals surface area (Å²) in [6.07, 6.45) is 7.28. The van der Waals surface area contributed by atoms with Gasteiger partial charge in [0.15, 0.2) is 0 Å². The fourth-order valence-electron chi connectivity index (χ4n) is 2.91. The minimum absolute atomic E-state index is 0.214. The first kappa shape index (κ1) is 15.4. The zero-order chi connectivity index (χ0) is 15.4. The second-order valence-corrected chi connectivity index (χ2v) is 5.41. The van der Waals surface area contributed by atoms with Crippen molar-refractivity contribution in [2.45, 2.75) is 51.4 Å². The van der Waals surface area contributed by atoms with E-state index in [-0.39, 0.29) is 23.8 Å². The van der Waals surface area contributed by atoms with Crippen molar-refractivity contribution in [2.75, 3.05) is 5.01 Å². The zero-order valence-corrected chi connectivity index (χ0v) is 12.3. The van der Waals surface area contributed by atoms with E-state index in [9.17, 15) is 9.59 Å². The number of pyridine rings is 1. The van der Waals surface area contributed by atoms with Crippen LogP contribution in [0.2, 0.25) is 0 Å². The molecule has 1 aliphatic carbocycles. The molecule has 1 aromatic heterocycles. The number of hydrogen-bond donors (Lipinski definition) is 2. The predicted molar refractivity (Wildman–Crippen MR) is 80.5 cm³/mol. The average Bonchev–Trinajstić information content (AvgIpc) is 2.53. The lowest BCUT2D eigenvalue weighted by atomic mass is 9.84. The van der Waals surface area contributed by atoms with Gasteiger partial charge in [0.05, 0.1) is 16.9 Å². The van der Waals surface area contributed by atoms with Crippen molar-refractivity contribution in [1.82, 2.24) is 4.98 Å². The monoisotopic (exact) mass is 290 g/mol. The second-order valence-electron chi connectivity index (χ2n) is 5.41. The van der Waals surface area contributed by atoms with Gasteiger partial charge in [-0.25, -0.2) is 10.9 Å². The molecule has 21 heavy (non-hydrogen) atoms. The molecule has 1 saturated carbocycles. The lowest BCUT2D eigenvalue weighted by Crippen LogP contribution is -2.39. The van der Waals surface area contributed by atoms with Gasteiger partial charge in [0.2, 0.25) is 5.91 Å². The number of rotatable bonds is 4. The summed E-state index contributed by atoms with van der Waals surface area (Å²) in [6.45, 7) is 1.72. The number of carbonyl (C=O) groups is 2. The maximum Gasteiger partial charge on any atom is 0.252 e. The van der Waals surface area contributed by atoms with Crippen molar-refractivity contribution in [3.63, 3.8) is 0 Å². The maximum absolute atomic E-state index is 11.9. The number of aromatic nitrogens is 1. The van der Waals surface area contributed by atoms with Crippen LogP contribution in [0.25, 0.3) is 0 Å². The van der Waals surface area contributed by atoms with Gasteiger partial charge in [-0.2, -0.15) is 0 Å². The van der Waals surface area contributed by atoms with E-state index in [2.05, 4.69) is 4.98 Å². The van der Waals surface area contributed by atoms with Crippen molar-refractivity contribution in [1.29, 1.82) is 0 Å². The first-order chi connectivity index (χ1) is 10.1. The van der Waals surface area contributed by atoms with Gasteiger partial charge < -0.3 is 5.73 Å². The van der Waals surface area contributed by atoms with Crippen LogP contribution in [0.1, 0.15) is 67.4 Å². The Morgan fingerprint density at radius 2 is 2.00 bits per heavy atom. The van der Waals surface area contributed by atoms with E-state index in [1.165, 1.54) is 6.42 Å². The fourth-order valence-corrected chi connectivity index (χ4v) is 2.91. The highest BCUT2D eigenvalue weighted by Crippen LogP contribution is 2.35. The molecule has 0 radical (unpaired) electrons. The van der Waals surface area contributed by atoms with E-state index in [0.717, 1.165) is 30.7 Å². The summed E-state index contributed by atoms with van der Waals surface area (Å²) < 4.78 is 0. The summed E-state index contributed by atoms with van der Waals surface area (Å²) in [5.41, 5.74) is 6.85. The Morgan fingerprint density at radius 3 is 2.57 bits per heavy atom. The van der Waals surface area contributed by atoms with Crippen LogP contribution in [0.3, 0.4) is 0 Å². The van der Waals surface area contributed by atoms with E-state index in [1.807, 2.05) is 0 Å². The molecule has 2 amide bonds. The van der Waals surface area contributed by atoms with Crippen molar-refractivity contribution in [3.8, 4) is 0 Å². The van der Waals surface area contributed by atoms with Crippen LogP contribution < -0.4 is 16.6 Å². The van der Waals surface area contributed by atoms with Gasteiger partial charge in [-0.3, -0.25) is 14.6 Å². The van der Waals surface area contributed by atoms with E-state index in [4.69, 9.17) is 11.6 Å². The number of hydrazine groups is 1. The molecule has 1 aromatic rings. The Kier molecular flexibility index (Phi) is 4.90. The van der Waals surface area contributed by atoms with Crippen molar-refractivity contribution < 1.29 is 9.59 Å². The predicted octanol–water partition coefficient (Wildman–Crippen LogP) is 1.84. The van der Waals surface area contributed by atoms with Crippen LogP contribution in [-0.2, 0) is 4.79 Å². The summed E-state index contributed by atoms with van der Waals surface area (Å²) in [7, 11) is 0. The SMILES string of the molecule is CCC(=O)N(N)c1ccnc(C2CCCCC2)c1C(N)=O. The summed E-state index contributed by atoms with van der Waals surface area (Å²) in [6, 6.07) is 1.57. The van der Waals surface area contributed by atoms with Crippen molar-refractivity contribution in [2.24, 2.45) is 11.6 Å². The summed E-state index contributed by atoms with van der Waals surface area (Å²) in [5, 5.41) is 1.01. The molecule has 0 unspecified atom stereocenters. The van der Waals surface area contributed by atoms with E-state index >= 15 is 0 Å². The quantitative estimate of drug-likeness (QED) is 0.501. The molecule has 1 aliphatic rings. The molecule has 0 aromatic carbocycles. The van der Waals surface area contributed by atoms with Gasteiger partial charge in [-0.15, -0.1) is 0 Å². The lowest BCUT2D eigenvalue weighted by molar-refractivity contribution is -0.118. The topological polar surface area (TPSA) is 102 Å². The molecule has 0 atom stereocenters. The normalized spacial score (nSPS) is 15.7. The maximum atomic E-state index is 11.9. The number of anilines is 1. The minimum atomic E-state index is -0.585. The molecule has 4 N–H and O–H groups in total. The van der Waals surface area contributed by atoms with Gasteiger partial charge >= 0.3 is 0 Å². The number of amides is 2. The van der Waals surface area contributed by atoms with Gasteiger partial charge in [-0.05, 0) is 18.9 Å². The molecule has 2 rings (SSSR count). The summed E-state index contributed by atoms with van der Waals surface area (Å²) >= 11 is 0. The molecule has 0 bridgehead atoms. The molecule has 1 heterocycles. The third kappa shape index (κ3) is 3.21. The Labute approximate surface area is 124 Å². The molecule has 0 aliphatic heterocycles. The number of primary amides is 1. The van der Waals surface area contributed by atoms with Crippen LogP contribution in [0, 0.1) is 0 Å². The summed E-state index contributed by atoms with van der Waals surface area (Å²) in [4.78, 5) is 28.0. The number of nitrogens with zero attached hydrogens (tertiary/aromatic N) is 2. The highest BCUT2D eigenvalue weighted by atomic mass is 16.2. The molecule has 6 heteroatoms. The molecule has 0 spiro atoms. The summed E-state index contributed by atoms with van der Waals surface area (Å²) in [5.74, 6) is 5.20. The number of carbonyl (C=O) groups excluding carboxylic acids is 2. The van der Waals surface area contributed by atoms with Crippen LogP contribution in [0.5, 0.6) is 0 Å². The first-order valence-corrected chi connectivity index (χ1v) is 7.42. The first-order valence-electron chi connectivity index (χ1n) is 7.42. The number of hydrogen-bond acceptors (Lipinski definition) is 4. The minimum Gasteiger partial charge on any atom is -0.365 e. The van der Waals surface area contributed by atoms with E-state index in [1.54, 1.807) is 19.2 Å². The van der Waals surface area contributed by atoms with Gasteiger partial charge in [0.25, 0.3) is 5.91 Å². The van der Waals surface area contributed by atoms with E-state index in [0.29, 0.717) is 11.4 Å². The third-order valence-corrected chi connectivity index (χ3v) is 4.03. The Balaban J connectivity index is 2.46. The van der Waals surface area contributed by atoms with E-state index < -0.39 is 5.91 Å². The second kappa shape index (κ2) is 6.67. The largest absolute Gasteiger partial charge is 0.365 e. The lowest BCUT2D eigenvalue weighted by Gasteiger charge is -2.25. The molecule has 6 nitrogen and oxygen atoms in total. The van der Waals surface area contributed by atoms with Crippen LogP contribution >= 0.6 is 0 Å². The highest BCUT2D eigenvalue weighted by molar-refractivity contribution is 6.04. The van der Waals surface area contributed by atoms with Crippen LogP contribution in [0.4, 0.5) is 5.69 Å². The van der Waals surface area contributed by atoms with Gasteiger partial charge in [-0.1, -0.05) is 26.2 Å². The van der Waals surface area contributed by atoms with Gasteiger partial charge in [0, 0.05) is 18.5 Å². The standard InChI is InChI=1S/C15H22N4O2/c1-2-12(20)19(17)11-8-9-18-14(13(11)15(16)21)10-6-4-3-5-7-10/h8-10H,2-7,17H2,1H3,(H2,16,21). The smallest absolute Gasteiger partial charge is 0.252 e. The molecule has 1 fully saturated rings. The van der Waals surface area contributed by atoms with Crippen molar-refractivity contribution in [3.05, 3.63) is 23.5 Å². The number of nitrogens with two attached hydrogens (primary N) is 2. The third-order valence-electron chi connectivity index (χ3n) is 4.03. The van der Waals surface area contributed by atoms with Crippen molar-refractivity contribution >= 4 is 17.5 Å².